The van der Waals surface area contributed by atoms with Gasteiger partial charge in [0.25, 0.3) is 0 Å². The third-order valence-corrected chi connectivity index (χ3v) is 2.73. The first-order valence-electron chi connectivity index (χ1n) is 7.95. The van der Waals surface area contributed by atoms with Gasteiger partial charge >= 0.3 is 18.2 Å². The van der Waals surface area contributed by atoms with Gasteiger partial charge in [0.05, 0.1) is 24.9 Å². The van der Waals surface area contributed by atoms with E-state index in [0.29, 0.717) is 0 Å². The Morgan fingerprint density at radius 1 is 1.04 bits per heavy atom. The van der Waals surface area contributed by atoms with E-state index in [1.54, 1.807) is 41.5 Å². The highest BCUT2D eigenvalue weighted by atomic mass is 16.6. The molecule has 2 amide bonds. The number of amides is 2. The van der Waals surface area contributed by atoms with E-state index in [9.17, 15) is 19.5 Å². The predicted octanol–water partition coefficient (Wildman–Crippen LogP) is 1.59. The lowest BCUT2D eigenvalue weighted by molar-refractivity contribution is -0.157. The van der Waals surface area contributed by atoms with Crippen LogP contribution >= 0.6 is 0 Å². The summed E-state index contributed by atoms with van der Waals surface area (Å²) in [5.74, 6) is -0.897. The molecule has 0 saturated carbocycles. The van der Waals surface area contributed by atoms with Gasteiger partial charge in [-0.05, 0) is 41.0 Å². The van der Waals surface area contributed by atoms with Crippen LogP contribution in [0.25, 0.3) is 0 Å². The number of nitrogens with zero attached hydrogens (tertiary/aromatic N) is 1. The molecule has 0 aliphatic heterocycles. The minimum absolute atomic E-state index is 0.0750. The molecule has 2 N–H and O–H groups in total. The molecule has 24 heavy (non-hydrogen) atoms. The Morgan fingerprint density at radius 2 is 1.58 bits per heavy atom. The zero-order valence-electron chi connectivity index (χ0n) is 15.1. The summed E-state index contributed by atoms with van der Waals surface area (Å²) in [4.78, 5) is 35.8. The van der Waals surface area contributed by atoms with Crippen molar-refractivity contribution in [2.24, 2.45) is 0 Å². The molecule has 0 aliphatic rings. The van der Waals surface area contributed by atoms with Crippen LogP contribution in [0.2, 0.25) is 0 Å². The standard InChI is InChI=1S/C15H28N2O7/c1-7-11(12(18)13(19)22-8-2)17(15(21)24-10(5)6)16-14(20)23-9(3)4/h9-12,18H,7-8H2,1-6H3,(H,16,20). The van der Waals surface area contributed by atoms with Gasteiger partial charge in [0.1, 0.15) is 0 Å². The molecular weight excluding hydrogens is 320 g/mol. The van der Waals surface area contributed by atoms with Gasteiger partial charge in [-0.25, -0.2) is 24.8 Å². The number of hydrogen-bond donors (Lipinski definition) is 2. The smallest absolute Gasteiger partial charge is 0.429 e. The molecule has 9 heteroatoms. The van der Waals surface area contributed by atoms with Gasteiger partial charge in [0.15, 0.2) is 6.10 Å². The van der Waals surface area contributed by atoms with Gasteiger partial charge < -0.3 is 19.3 Å². The summed E-state index contributed by atoms with van der Waals surface area (Å²) in [7, 11) is 0. The molecule has 140 valence electrons. The Labute approximate surface area is 142 Å². The molecule has 2 atom stereocenters. The van der Waals surface area contributed by atoms with Gasteiger partial charge in [-0.15, -0.1) is 0 Å². The number of carbonyl (C=O) groups excluding carboxylic acids is 3. The molecule has 0 aromatic carbocycles. The van der Waals surface area contributed by atoms with E-state index in [4.69, 9.17) is 14.2 Å². The molecule has 0 spiro atoms. The van der Waals surface area contributed by atoms with E-state index >= 15 is 0 Å². The lowest BCUT2D eigenvalue weighted by Crippen LogP contribution is -2.58. The summed E-state index contributed by atoms with van der Waals surface area (Å²) in [6, 6.07) is -1.07. The van der Waals surface area contributed by atoms with Gasteiger partial charge in [-0.2, -0.15) is 0 Å². The van der Waals surface area contributed by atoms with Crippen molar-refractivity contribution in [3.05, 3.63) is 0 Å². The first-order valence-corrected chi connectivity index (χ1v) is 7.95. The minimum Gasteiger partial charge on any atom is -0.464 e. The van der Waals surface area contributed by atoms with Crippen molar-refractivity contribution in [3.8, 4) is 0 Å². The fourth-order valence-corrected chi connectivity index (χ4v) is 1.79. The first kappa shape index (κ1) is 22.0. The van der Waals surface area contributed by atoms with Crippen LogP contribution in [0.3, 0.4) is 0 Å². The van der Waals surface area contributed by atoms with E-state index in [-0.39, 0.29) is 13.0 Å². The lowest BCUT2D eigenvalue weighted by atomic mass is 10.1. The van der Waals surface area contributed by atoms with Crippen LogP contribution in [0.15, 0.2) is 0 Å². The molecule has 0 saturated heterocycles. The fraction of sp³-hybridized carbons (Fsp3) is 0.800. The van der Waals surface area contributed by atoms with Gasteiger partial charge in [0, 0.05) is 0 Å². The molecule has 9 nitrogen and oxygen atoms in total. The van der Waals surface area contributed by atoms with Gasteiger partial charge in [0.2, 0.25) is 0 Å². The van der Waals surface area contributed by atoms with E-state index in [1.807, 2.05) is 0 Å². The second-order valence-corrected chi connectivity index (χ2v) is 5.54. The number of ether oxygens (including phenoxy) is 3. The number of rotatable bonds is 7. The third kappa shape index (κ3) is 7.49. The Hall–Kier alpha value is -2.03. The van der Waals surface area contributed by atoms with E-state index in [1.165, 1.54) is 0 Å². The number of aliphatic hydroxyl groups is 1. The zero-order chi connectivity index (χ0) is 18.9. The number of aliphatic hydroxyl groups excluding tert-OH is 1. The Bertz CT molecular complexity index is 426. The average Bonchev–Trinajstić information content (AvgIpc) is 2.45. The summed E-state index contributed by atoms with van der Waals surface area (Å²) < 4.78 is 14.7. The Kier molecular flexibility index (Phi) is 9.79. The number of esters is 1. The lowest BCUT2D eigenvalue weighted by Gasteiger charge is -2.32. The van der Waals surface area contributed by atoms with E-state index < -0.39 is 42.5 Å². The van der Waals surface area contributed by atoms with Gasteiger partial charge in [-0.1, -0.05) is 6.92 Å². The number of hydrazine groups is 1. The molecule has 0 bridgehead atoms. The van der Waals surface area contributed by atoms with Crippen molar-refractivity contribution in [1.29, 1.82) is 0 Å². The Balaban J connectivity index is 5.33. The largest absolute Gasteiger partial charge is 0.464 e. The normalized spacial score (nSPS) is 13.2. The van der Waals surface area contributed by atoms with Crippen molar-refractivity contribution in [2.45, 2.75) is 72.3 Å². The number of carbonyl (C=O) groups is 3. The van der Waals surface area contributed by atoms with Crippen LogP contribution in [0, 0.1) is 0 Å². The number of hydrogen-bond acceptors (Lipinski definition) is 7. The SMILES string of the molecule is CCOC(=O)C(O)C(CC)N(NC(=O)OC(C)C)C(=O)OC(C)C. The zero-order valence-corrected chi connectivity index (χ0v) is 15.1. The summed E-state index contributed by atoms with van der Waals surface area (Å²) in [5, 5.41) is 10.9. The van der Waals surface area contributed by atoms with E-state index in [2.05, 4.69) is 5.43 Å². The highest BCUT2D eigenvalue weighted by molar-refractivity contribution is 5.78. The Morgan fingerprint density at radius 3 is 2.00 bits per heavy atom. The van der Waals surface area contributed by atoms with Crippen molar-refractivity contribution in [1.82, 2.24) is 10.4 Å². The summed E-state index contributed by atoms with van der Waals surface area (Å²) >= 11 is 0. The minimum atomic E-state index is -1.64. The molecular formula is C15H28N2O7. The highest BCUT2D eigenvalue weighted by Crippen LogP contribution is 2.12. The molecule has 0 fully saturated rings. The second kappa shape index (κ2) is 10.7. The molecule has 0 rings (SSSR count). The van der Waals surface area contributed by atoms with Crippen molar-refractivity contribution >= 4 is 18.2 Å². The third-order valence-electron chi connectivity index (χ3n) is 2.73. The summed E-state index contributed by atoms with van der Waals surface area (Å²) in [6.45, 7) is 9.84. The topological polar surface area (TPSA) is 114 Å². The number of nitrogens with one attached hydrogen (secondary N) is 1. The molecule has 0 radical (unpaired) electrons. The fourth-order valence-electron chi connectivity index (χ4n) is 1.79. The molecule has 2 unspecified atom stereocenters. The quantitative estimate of drug-likeness (QED) is 0.408. The van der Waals surface area contributed by atoms with Crippen molar-refractivity contribution < 1.29 is 33.7 Å². The maximum Gasteiger partial charge on any atom is 0.429 e. The first-order chi connectivity index (χ1) is 11.1. The molecule has 0 aromatic heterocycles. The van der Waals surface area contributed by atoms with Crippen LogP contribution in [-0.4, -0.2) is 59.2 Å². The van der Waals surface area contributed by atoms with Gasteiger partial charge in [-0.3, -0.25) is 0 Å². The van der Waals surface area contributed by atoms with E-state index in [0.717, 1.165) is 5.01 Å². The molecule has 0 heterocycles. The molecule has 0 aromatic rings. The molecule has 0 aliphatic carbocycles. The highest BCUT2D eigenvalue weighted by Gasteiger charge is 2.36. The maximum atomic E-state index is 12.2. The van der Waals surface area contributed by atoms with Crippen LogP contribution in [-0.2, 0) is 19.0 Å². The maximum absolute atomic E-state index is 12.2. The summed E-state index contributed by atoms with van der Waals surface area (Å²) in [6.07, 6.45) is -4.17. The van der Waals surface area contributed by atoms with Crippen molar-refractivity contribution in [2.75, 3.05) is 6.61 Å². The van der Waals surface area contributed by atoms with Crippen LogP contribution in [0.4, 0.5) is 9.59 Å². The van der Waals surface area contributed by atoms with Crippen LogP contribution in [0.1, 0.15) is 48.0 Å². The van der Waals surface area contributed by atoms with Crippen LogP contribution in [0.5, 0.6) is 0 Å². The predicted molar refractivity (Wildman–Crippen MR) is 84.9 cm³/mol. The van der Waals surface area contributed by atoms with Crippen LogP contribution < -0.4 is 5.43 Å². The monoisotopic (exact) mass is 348 g/mol. The average molecular weight is 348 g/mol. The van der Waals surface area contributed by atoms with Crippen molar-refractivity contribution in [3.63, 3.8) is 0 Å². The summed E-state index contributed by atoms with van der Waals surface area (Å²) in [5.41, 5.74) is 2.21. The second-order valence-electron chi connectivity index (χ2n) is 5.54.